The van der Waals surface area contributed by atoms with E-state index in [0.29, 0.717) is 29.0 Å². The molecule has 1 aromatic heterocycles. The van der Waals surface area contributed by atoms with E-state index in [1.54, 1.807) is 0 Å². The number of aromatic nitrogens is 1. The Kier molecular flexibility index (Phi) is 6.89. The van der Waals surface area contributed by atoms with Crippen LogP contribution in [0.4, 0.5) is 5.88 Å². The van der Waals surface area contributed by atoms with Crippen LogP contribution in [-0.2, 0) is 0 Å². The van der Waals surface area contributed by atoms with Crippen LogP contribution in [0, 0.1) is 0 Å². The molecule has 3 aromatic rings. The maximum Gasteiger partial charge on any atom is 0.253 e. The Morgan fingerprint density at radius 3 is 2.48 bits per heavy atom. The molecule has 1 aliphatic rings. The molecule has 1 atom stereocenters. The second kappa shape index (κ2) is 10.0. The largest absolute Gasteiger partial charge is 0.369 e. The van der Waals surface area contributed by atoms with Gasteiger partial charge in [0.15, 0.2) is 11.7 Å². The molecule has 0 saturated carbocycles. The molecule has 1 unspecified atom stereocenters. The summed E-state index contributed by atoms with van der Waals surface area (Å²) in [6.07, 6.45) is 2.11. The Morgan fingerprint density at radius 2 is 1.79 bits per heavy atom. The fourth-order valence-corrected chi connectivity index (χ4v) is 4.21. The first-order valence-corrected chi connectivity index (χ1v) is 11.3. The molecule has 2 aromatic carbocycles. The number of nitrogens with zero attached hydrogens (tertiary/aromatic N) is 4. The summed E-state index contributed by atoms with van der Waals surface area (Å²) in [6, 6.07) is 19.3. The van der Waals surface area contributed by atoms with Crippen molar-refractivity contribution in [1.29, 1.82) is 0 Å². The highest BCUT2D eigenvalue weighted by Gasteiger charge is 2.22. The topological polar surface area (TPSA) is 88.0 Å². The average Bonchev–Trinajstić information content (AvgIpc) is 3.32. The zero-order valence-electron chi connectivity index (χ0n) is 19.4. The van der Waals surface area contributed by atoms with E-state index in [0.717, 1.165) is 37.2 Å². The molecular formula is C26H31N5O2. The predicted molar refractivity (Wildman–Crippen MR) is 130 cm³/mol. The Morgan fingerprint density at radius 1 is 1.09 bits per heavy atom. The van der Waals surface area contributed by atoms with Crippen molar-refractivity contribution in [2.24, 2.45) is 10.7 Å². The number of likely N-dealkylation sites (tertiary alicyclic amines) is 1. The van der Waals surface area contributed by atoms with E-state index in [9.17, 15) is 4.79 Å². The third-order valence-corrected chi connectivity index (χ3v) is 6.39. The van der Waals surface area contributed by atoms with Crippen molar-refractivity contribution in [3.63, 3.8) is 0 Å². The smallest absolute Gasteiger partial charge is 0.253 e. The van der Waals surface area contributed by atoms with Crippen LogP contribution in [-0.4, -0.2) is 59.9 Å². The van der Waals surface area contributed by atoms with E-state index >= 15 is 0 Å². The molecule has 7 heteroatoms. The van der Waals surface area contributed by atoms with Gasteiger partial charge in [-0.3, -0.25) is 4.79 Å². The summed E-state index contributed by atoms with van der Waals surface area (Å²) in [5, 5.41) is 4.21. The van der Waals surface area contributed by atoms with E-state index in [1.165, 1.54) is 0 Å². The maximum absolute atomic E-state index is 12.8. The lowest BCUT2D eigenvalue weighted by Gasteiger charge is -2.35. The zero-order chi connectivity index (χ0) is 23.4. The summed E-state index contributed by atoms with van der Waals surface area (Å²) >= 11 is 0. The first kappa shape index (κ1) is 22.7. The highest BCUT2D eigenvalue weighted by Crippen LogP contribution is 2.28. The molecule has 0 spiro atoms. The van der Waals surface area contributed by atoms with Gasteiger partial charge in [0.1, 0.15) is 0 Å². The normalized spacial score (nSPS) is 16.2. The number of piperidine rings is 1. The molecule has 1 fully saturated rings. The minimum absolute atomic E-state index is 0.000836. The lowest BCUT2D eigenvalue weighted by Crippen LogP contribution is -2.47. The van der Waals surface area contributed by atoms with Crippen LogP contribution >= 0.6 is 0 Å². The molecule has 0 radical (unpaired) electrons. The van der Waals surface area contributed by atoms with Crippen LogP contribution < -0.4 is 5.73 Å². The van der Waals surface area contributed by atoms with Gasteiger partial charge in [0.05, 0.1) is 5.69 Å². The molecule has 0 bridgehead atoms. The van der Waals surface area contributed by atoms with Crippen molar-refractivity contribution in [3.8, 4) is 0 Å². The van der Waals surface area contributed by atoms with E-state index in [2.05, 4.69) is 34.0 Å². The van der Waals surface area contributed by atoms with Gasteiger partial charge in [-0.1, -0.05) is 60.6 Å². The molecule has 0 amide bonds. The lowest BCUT2D eigenvalue weighted by atomic mass is 9.94. The number of nitrogens with two attached hydrogens (primary N) is 1. The minimum atomic E-state index is -0.0571. The number of aliphatic imine (C=N–C) groups is 1. The molecule has 33 heavy (non-hydrogen) atoms. The van der Waals surface area contributed by atoms with Crippen LogP contribution in [0.5, 0.6) is 0 Å². The quantitative estimate of drug-likeness (QED) is 0.350. The predicted octanol–water partition coefficient (Wildman–Crippen LogP) is 4.03. The number of benzene rings is 2. The first-order chi connectivity index (χ1) is 15.9. The second-order valence-corrected chi connectivity index (χ2v) is 8.78. The van der Waals surface area contributed by atoms with Crippen LogP contribution in [0.1, 0.15) is 52.9 Å². The fraction of sp³-hybridized carbons (Fsp3) is 0.346. The number of carbonyl (C=O) groups excluding carboxylic acids is 1. The van der Waals surface area contributed by atoms with Gasteiger partial charge in [-0.15, -0.1) is 0 Å². The molecule has 172 valence electrons. The van der Waals surface area contributed by atoms with Gasteiger partial charge >= 0.3 is 0 Å². The highest BCUT2D eigenvalue weighted by atomic mass is 16.5. The van der Waals surface area contributed by atoms with Gasteiger partial charge in [0, 0.05) is 42.2 Å². The third kappa shape index (κ3) is 5.31. The number of hydrogen-bond acceptors (Lipinski definition) is 5. The summed E-state index contributed by atoms with van der Waals surface area (Å²) in [7, 11) is 4.23. The number of carbonyl (C=O) groups is 1. The summed E-state index contributed by atoms with van der Waals surface area (Å²) in [4.78, 5) is 21.6. The van der Waals surface area contributed by atoms with Gasteiger partial charge in [-0.25, -0.2) is 0 Å². The molecule has 2 N–H and O–H groups in total. The van der Waals surface area contributed by atoms with Crippen molar-refractivity contribution in [1.82, 2.24) is 15.0 Å². The maximum atomic E-state index is 12.8. The molecule has 2 heterocycles. The van der Waals surface area contributed by atoms with Crippen LogP contribution in [0.3, 0.4) is 0 Å². The molecule has 1 aliphatic heterocycles. The van der Waals surface area contributed by atoms with Crippen molar-refractivity contribution in [2.75, 3.05) is 27.2 Å². The van der Waals surface area contributed by atoms with E-state index in [1.807, 2.05) is 67.6 Å². The summed E-state index contributed by atoms with van der Waals surface area (Å²) < 4.78 is 5.46. The van der Waals surface area contributed by atoms with E-state index < -0.39 is 0 Å². The molecule has 4 rings (SSSR count). The van der Waals surface area contributed by atoms with Gasteiger partial charge < -0.3 is 20.1 Å². The number of ketones is 1. The van der Waals surface area contributed by atoms with Gasteiger partial charge in [0.25, 0.3) is 5.88 Å². The Hall–Kier alpha value is -3.45. The van der Waals surface area contributed by atoms with Gasteiger partial charge in [0.2, 0.25) is 0 Å². The van der Waals surface area contributed by atoms with Crippen LogP contribution in [0.25, 0.3) is 0 Å². The van der Waals surface area contributed by atoms with Gasteiger partial charge in [-0.05, 0) is 38.6 Å². The molecule has 1 saturated heterocycles. The summed E-state index contributed by atoms with van der Waals surface area (Å²) in [5.74, 6) is 0.790. The fourth-order valence-electron chi connectivity index (χ4n) is 4.21. The van der Waals surface area contributed by atoms with Gasteiger partial charge in [-0.2, -0.15) is 4.99 Å². The highest BCUT2D eigenvalue weighted by molar-refractivity contribution is 6.09. The average molecular weight is 446 g/mol. The Balaban J connectivity index is 1.45. The van der Waals surface area contributed by atoms with Crippen molar-refractivity contribution in [3.05, 3.63) is 83.0 Å². The van der Waals surface area contributed by atoms with Crippen molar-refractivity contribution >= 4 is 17.6 Å². The monoisotopic (exact) mass is 445 g/mol. The molecule has 0 aliphatic carbocycles. The first-order valence-electron chi connectivity index (χ1n) is 11.3. The SMILES string of the molecule is CC(c1cccc(C(=O)c2ccccc2)c1)c1cc(/N=C(\N)N2CCC(N(C)C)CC2)on1. The minimum Gasteiger partial charge on any atom is -0.369 e. The van der Waals surface area contributed by atoms with Crippen LogP contribution in [0.15, 0.2) is 70.2 Å². The van der Waals surface area contributed by atoms with Crippen LogP contribution in [0.2, 0.25) is 0 Å². The van der Waals surface area contributed by atoms with Crippen molar-refractivity contribution in [2.45, 2.75) is 31.7 Å². The molecule has 7 nitrogen and oxygen atoms in total. The number of guanidine groups is 1. The van der Waals surface area contributed by atoms with Crippen molar-refractivity contribution < 1.29 is 9.32 Å². The Bertz CT molecular complexity index is 1110. The third-order valence-electron chi connectivity index (χ3n) is 6.39. The summed E-state index contributed by atoms with van der Waals surface area (Å²) in [6.45, 7) is 3.78. The zero-order valence-corrected chi connectivity index (χ0v) is 19.4. The van der Waals surface area contributed by atoms with E-state index in [4.69, 9.17) is 10.3 Å². The second-order valence-electron chi connectivity index (χ2n) is 8.78. The lowest BCUT2D eigenvalue weighted by molar-refractivity contribution is 0.103. The van der Waals surface area contributed by atoms with E-state index in [-0.39, 0.29) is 11.7 Å². The Labute approximate surface area is 194 Å². The number of rotatable bonds is 6. The number of hydrogen-bond donors (Lipinski definition) is 1. The molecular weight excluding hydrogens is 414 g/mol. The standard InChI is InChI=1S/C26H31N5O2/c1-18(20-10-7-11-21(16-20)25(32)19-8-5-4-6-9-19)23-17-24(33-29-23)28-26(27)31-14-12-22(13-15-31)30(2)3/h4-11,16-18,22H,12-15H2,1-3H3,(H2,27,28). The summed E-state index contributed by atoms with van der Waals surface area (Å²) in [5.41, 5.74) is 9.30.